The second-order valence-electron chi connectivity index (χ2n) is 6.86. The Morgan fingerprint density at radius 1 is 1.06 bits per heavy atom. The van der Waals surface area contributed by atoms with Crippen molar-refractivity contribution in [1.82, 2.24) is 10.2 Å². The number of ether oxygens (including phenoxy) is 3. The number of aromatic nitrogens is 2. The summed E-state index contributed by atoms with van der Waals surface area (Å²) in [5, 5.41) is 19.5. The summed E-state index contributed by atoms with van der Waals surface area (Å²) in [5.41, 5.74) is 2.09. The molecule has 0 saturated carbocycles. The molecule has 2 heterocycles. The van der Waals surface area contributed by atoms with E-state index >= 15 is 0 Å². The van der Waals surface area contributed by atoms with Crippen molar-refractivity contribution in [2.45, 2.75) is 6.04 Å². The van der Waals surface area contributed by atoms with Gasteiger partial charge in [0.05, 0.1) is 32.9 Å². The fourth-order valence-electron chi connectivity index (χ4n) is 3.64. The van der Waals surface area contributed by atoms with Crippen LogP contribution < -0.4 is 19.1 Å². The van der Waals surface area contributed by atoms with Crippen molar-refractivity contribution in [3.05, 3.63) is 63.6 Å². The number of hydrogen-bond donors (Lipinski definition) is 1. The van der Waals surface area contributed by atoms with Crippen LogP contribution in [0.2, 0.25) is 5.02 Å². The van der Waals surface area contributed by atoms with E-state index in [0.717, 1.165) is 11.3 Å². The van der Waals surface area contributed by atoms with Gasteiger partial charge in [0.25, 0.3) is 5.78 Å². The Morgan fingerprint density at radius 2 is 1.70 bits per heavy atom. The molecule has 1 fully saturated rings. The molecule has 9 nitrogen and oxygen atoms in total. The monoisotopic (exact) mass is 487 g/mol. The first-order chi connectivity index (χ1) is 15.9. The molecular weight excluding hydrogens is 470 g/mol. The number of aliphatic hydroxyl groups excluding tert-OH is 1. The van der Waals surface area contributed by atoms with Crippen LogP contribution in [0.3, 0.4) is 0 Å². The van der Waals surface area contributed by atoms with Crippen LogP contribution in [-0.2, 0) is 9.59 Å². The molecule has 1 amide bonds. The van der Waals surface area contributed by atoms with Gasteiger partial charge in [-0.15, -0.1) is 10.2 Å². The Balaban J connectivity index is 1.99. The van der Waals surface area contributed by atoms with E-state index in [-0.39, 0.29) is 16.5 Å². The van der Waals surface area contributed by atoms with E-state index in [1.165, 1.54) is 31.7 Å². The predicted molar refractivity (Wildman–Crippen MR) is 122 cm³/mol. The maximum atomic E-state index is 13.1. The first kappa shape index (κ1) is 22.6. The lowest BCUT2D eigenvalue weighted by molar-refractivity contribution is -0.132. The number of Topliss-reactive ketones (excluding diaryl/α,β-unsaturated/α-hetero) is 1. The number of methoxy groups -OCH3 is 3. The molecule has 0 radical (unpaired) electrons. The number of anilines is 1. The molecule has 2 aromatic carbocycles. The zero-order chi connectivity index (χ0) is 23.7. The summed E-state index contributed by atoms with van der Waals surface area (Å²) in [7, 11) is 4.38. The Bertz CT molecular complexity index is 1220. The summed E-state index contributed by atoms with van der Waals surface area (Å²) in [6, 6.07) is 8.46. The number of hydrogen-bond acceptors (Lipinski definition) is 9. The second kappa shape index (κ2) is 9.08. The van der Waals surface area contributed by atoms with Crippen molar-refractivity contribution >= 4 is 45.5 Å². The van der Waals surface area contributed by atoms with Crippen LogP contribution in [0.25, 0.3) is 5.76 Å². The molecule has 1 aromatic heterocycles. The molecule has 1 atom stereocenters. The number of benzene rings is 2. The van der Waals surface area contributed by atoms with Gasteiger partial charge in [-0.1, -0.05) is 22.9 Å². The Labute approximate surface area is 197 Å². The Morgan fingerprint density at radius 3 is 2.21 bits per heavy atom. The third-order valence-corrected chi connectivity index (χ3v) is 6.06. The Hall–Kier alpha value is -3.63. The molecule has 33 heavy (non-hydrogen) atoms. The highest BCUT2D eigenvalue weighted by Gasteiger charge is 2.48. The third kappa shape index (κ3) is 3.87. The average Bonchev–Trinajstić information content (AvgIpc) is 3.44. The maximum absolute atomic E-state index is 13.1. The number of carbonyl (C=O) groups is 2. The van der Waals surface area contributed by atoms with Gasteiger partial charge in [-0.2, -0.15) is 0 Å². The summed E-state index contributed by atoms with van der Waals surface area (Å²) >= 11 is 7.04. The summed E-state index contributed by atoms with van der Waals surface area (Å²) in [5.74, 6) is -1.08. The van der Waals surface area contributed by atoms with E-state index < -0.39 is 17.7 Å². The third-order valence-electron chi connectivity index (χ3n) is 5.12. The standard InChI is InChI=1S/C22H18ClN3O6S/c1-30-14-8-12(9-15(31-2)20(14)32-3)17-16(18(27)11-4-6-13(23)7-5-11)19(28)21(29)26(17)22-25-24-10-33-22/h4-10,17,27H,1-3H3/b18-16+. The average molecular weight is 488 g/mol. The first-order valence-corrected chi connectivity index (χ1v) is 10.8. The van der Waals surface area contributed by atoms with Gasteiger partial charge in [0, 0.05) is 10.6 Å². The van der Waals surface area contributed by atoms with Crippen LogP contribution in [0.1, 0.15) is 17.2 Å². The van der Waals surface area contributed by atoms with Crippen molar-refractivity contribution < 1.29 is 28.9 Å². The van der Waals surface area contributed by atoms with Gasteiger partial charge in [0.2, 0.25) is 10.9 Å². The number of carbonyl (C=O) groups excluding carboxylic acids is 2. The van der Waals surface area contributed by atoms with Crippen molar-refractivity contribution in [2.75, 3.05) is 26.2 Å². The SMILES string of the molecule is COc1cc(C2/C(=C(\O)c3ccc(Cl)cc3)C(=O)C(=O)N2c2nncs2)cc(OC)c1OC. The molecule has 1 unspecified atom stereocenters. The minimum atomic E-state index is -1.03. The highest BCUT2D eigenvalue weighted by atomic mass is 35.5. The van der Waals surface area contributed by atoms with Crippen molar-refractivity contribution in [2.24, 2.45) is 0 Å². The summed E-state index contributed by atoms with van der Waals surface area (Å²) in [6.07, 6.45) is 0. The van der Waals surface area contributed by atoms with Gasteiger partial charge in [0.15, 0.2) is 11.5 Å². The fraction of sp³-hybridized carbons (Fsp3) is 0.182. The molecule has 1 aliphatic rings. The van der Waals surface area contributed by atoms with Gasteiger partial charge >= 0.3 is 5.91 Å². The highest BCUT2D eigenvalue weighted by Crippen LogP contribution is 2.47. The van der Waals surface area contributed by atoms with Crippen LogP contribution in [0, 0.1) is 0 Å². The number of aliphatic hydroxyl groups is 1. The van der Waals surface area contributed by atoms with E-state index in [2.05, 4.69) is 10.2 Å². The predicted octanol–water partition coefficient (Wildman–Crippen LogP) is 3.84. The topological polar surface area (TPSA) is 111 Å². The molecule has 3 aromatic rings. The lowest BCUT2D eigenvalue weighted by Gasteiger charge is -2.24. The van der Waals surface area contributed by atoms with Crippen LogP contribution in [0.4, 0.5) is 5.13 Å². The molecule has 1 aliphatic heterocycles. The summed E-state index contributed by atoms with van der Waals surface area (Å²) in [6.45, 7) is 0. The van der Waals surface area contributed by atoms with Crippen LogP contribution in [-0.4, -0.2) is 48.3 Å². The van der Waals surface area contributed by atoms with Crippen molar-refractivity contribution in [3.8, 4) is 17.2 Å². The first-order valence-electron chi connectivity index (χ1n) is 9.54. The van der Waals surface area contributed by atoms with E-state index in [1.54, 1.807) is 36.4 Å². The fourth-order valence-corrected chi connectivity index (χ4v) is 4.35. The summed E-state index contributed by atoms with van der Waals surface area (Å²) < 4.78 is 16.3. The minimum Gasteiger partial charge on any atom is -0.507 e. The molecular formula is C22H18ClN3O6S. The normalized spacial score (nSPS) is 17.3. The molecule has 1 N–H and O–H groups in total. The van der Waals surface area contributed by atoms with Crippen LogP contribution >= 0.6 is 22.9 Å². The minimum absolute atomic E-state index is 0.119. The van der Waals surface area contributed by atoms with E-state index in [9.17, 15) is 14.7 Å². The molecule has 0 bridgehead atoms. The maximum Gasteiger partial charge on any atom is 0.301 e. The molecule has 0 aliphatic carbocycles. The van der Waals surface area contributed by atoms with E-state index in [1.807, 2.05) is 0 Å². The van der Waals surface area contributed by atoms with Crippen LogP contribution in [0.5, 0.6) is 17.2 Å². The van der Waals surface area contributed by atoms with Crippen molar-refractivity contribution in [3.63, 3.8) is 0 Å². The number of nitrogens with zero attached hydrogens (tertiary/aromatic N) is 3. The number of halogens is 1. The second-order valence-corrected chi connectivity index (χ2v) is 8.10. The largest absolute Gasteiger partial charge is 0.507 e. The van der Waals surface area contributed by atoms with E-state index in [4.69, 9.17) is 25.8 Å². The summed E-state index contributed by atoms with van der Waals surface area (Å²) in [4.78, 5) is 27.4. The number of ketones is 1. The van der Waals surface area contributed by atoms with Gasteiger partial charge in [-0.25, -0.2) is 0 Å². The Kier molecular flexibility index (Phi) is 6.21. The molecule has 11 heteroatoms. The molecule has 170 valence electrons. The number of rotatable bonds is 6. The lowest BCUT2D eigenvalue weighted by atomic mass is 9.95. The number of amides is 1. The molecule has 0 spiro atoms. The quantitative estimate of drug-likeness (QED) is 0.317. The van der Waals surface area contributed by atoms with Gasteiger partial charge < -0.3 is 19.3 Å². The van der Waals surface area contributed by atoms with Gasteiger partial charge in [-0.05, 0) is 42.0 Å². The molecule has 1 saturated heterocycles. The lowest BCUT2D eigenvalue weighted by Crippen LogP contribution is -2.29. The van der Waals surface area contributed by atoms with Crippen molar-refractivity contribution in [1.29, 1.82) is 0 Å². The zero-order valence-corrected chi connectivity index (χ0v) is 19.3. The van der Waals surface area contributed by atoms with Crippen LogP contribution in [0.15, 0.2) is 47.5 Å². The highest BCUT2D eigenvalue weighted by molar-refractivity contribution is 7.13. The van der Waals surface area contributed by atoms with E-state index in [0.29, 0.717) is 33.4 Å². The van der Waals surface area contributed by atoms with Gasteiger partial charge in [0.1, 0.15) is 11.3 Å². The van der Waals surface area contributed by atoms with Gasteiger partial charge in [-0.3, -0.25) is 14.5 Å². The molecule has 4 rings (SSSR count). The smallest absolute Gasteiger partial charge is 0.301 e. The zero-order valence-electron chi connectivity index (χ0n) is 17.7.